The van der Waals surface area contributed by atoms with Crippen molar-refractivity contribution >= 4 is 23.5 Å². The zero-order valence-electron chi connectivity index (χ0n) is 15.1. The fourth-order valence-corrected chi connectivity index (χ4v) is 3.05. The van der Waals surface area contributed by atoms with Gasteiger partial charge in [-0.25, -0.2) is 4.79 Å². The van der Waals surface area contributed by atoms with E-state index in [0.717, 1.165) is 17.0 Å². The summed E-state index contributed by atoms with van der Waals surface area (Å²) in [4.78, 5) is 27.7. The van der Waals surface area contributed by atoms with Gasteiger partial charge in [-0.1, -0.05) is 17.7 Å². The molecular formula is C18H22ClN5O2. The van der Waals surface area contributed by atoms with Gasteiger partial charge in [0.25, 0.3) is 5.91 Å². The van der Waals surface area contributed by atoms with Crippen molar-refractivity contribution in [1.82, 2.24) is 24.9 Å². The monoisotopic (exact) mass is 375 g/mol. The number of carbonyl (C=O) groups excluding carboxylic acids is 2. The number of fused-ring (bicyclic) bond motifs is 1. The molecule has 0 aliphatic carbocycles. The first-order valence-corrected chi connectivity index (χ1v) is 8.79. The normalized spacial score (nSPS) is 13.3. The smallest absolute Gasteiger partial charge is 0.319 e. The molecule has 0 saturated carbocycles. The van der Waals surface area contributed by atoms with Crippen molar-refractivity contribution in [3.05, 3.63) is 51.8 Å². The van der Waals surface area contributed by atoms with E-state index in [1.165, 1.54) is 0 Å². The number of rotatable bonds is 3. The van der Waals surface area contributed by atoms with Crippen LogP contribution < -0.4 is 5.32 Å². The molecule has 0 unspecified atom stereocenters. The molecule has 1 aromatic heterocycles. The van der Waals surface area contributed by atoms with Crippen LogP contribution in [0.15, 0.2) is 24.3 Å². The van der Waals surface area contributed by atoms with Crippen molar-refractivity contribution in [3.8, 4) is 0 Å². The van der Waals surface area contributed by atoms with E-state index < -0.39 is 0 Å². The first-order valence-electron chi connectivity index (χ1n) is 8.41. The van der Waals surface area contributed by atoms with Gasteiger partial charge in [0.05, 0.1) is 31.0 Å². The van der Waals surface area contributed by atoms with Gasteiger partial charge in [0.1, 0.15) is 0 Å². The van der Waals surface area contributed by atoms with Gasteiger partial charge in [0.2, 0.25) is 0 Å². The maximum Gasteiger partial charge on any atom is 0.319 e. The molecule has 26 heavy (non-hydrogen) atoms. The molecular weight excluding hydrogens is 354 g/mol. The molecule has 1 aliphatic rings. The van der Waals surface area contributed by atoms with E-state index in [2.05, 4.69) is 10.4 Å². The van der Waals surface area contributed by atoms with E-state index in [-0.39, 0.29) is 11.9 Å². The Morgan fingerprint density at radius 2 is 2.04 bits per heavy atom. The maximum absolute atomic E-state index is 12.3. The third kappa shape index (κ3) is 3.83. The highest BCUT2D eigenvalue weighted by molar-refractivity contribution is 6.31. The minimum atomic E-state index is -0.192. The minimum Gasteiger partial charge on any atom is -0.346 e. The van der Waals surface area contributed by atoms with Crippen LogP contribution >= 0.6 is 11.6 Å². The zero-order valence-corrected chi connectivity index (χ0v) is 15.9. The molecule has 0 saturated heterocycles. The Hall–Kier alpha value is -2.54. The van der Waals surface area contributed by atoms with Crippen molar-refractivity contribution in [2.75, 3.05) is 20.6 Å². The Morgan fingerprint density at radius 3 is 2.73 bits per heavy atom. The number of nitrogens with zero attached hydrogens (tertiary/aromatic N) is 4. The number of carbonyl (C=O) groups is 2. The fraction of sp³-hybridized carbons (Fsp3) is 0.389. The summed E-state index contributed by atoms with van der Waals surface area (Å²) in [6.45, 7) is 4.01. The molecule has 0 spiro atoms. The van der Waals surface area contributed by atoms with Gasteiger partial charge in [0, 0.05) is 31.2 Å². The second-order valence-corrected chi connectivity index (χ2v) is 7.00. The van der Waals surface area contributed by atoms with E-state index in [0.29, 0.717) is 36.8 Å². The fourth-order valence-electron chi connectivity index (χ4n) is 2.87. The number of amides is 3. The van der Waals surface area contributed by atoms with E-state index >= 15 is 0 Å². The van der Waals surface area contributed by atoms with Crippen LogP contribution in [0.3, 0.4) is 0 Å². The molecule has 0 radical (unpaired) electrons. The lowest BCUT2D eigenvalue weighted by Crippen LogP contribution is -2.43. The summed E-state index contributed by atoms with van der Waals surface area (Å²) in [5, 5.41) is 7.94. The van der Waals surface area contributed by atoms with Crippen LogP contribution in [0.4, 0.5) is 4.79 Å². The molecule has 1 N–H and O–H groups in total. The Labute approximate surface area is 157 Å². The number of halogens is 1. The highest BCUT2D eigenvalue weighted by atomic mass is 35.5. The van der Waals surface area contributed by atoms with Gasteiger partial charge in [-0.15, -0.1) is 0 Å². The van der Waals surface area contributed by atoms with Gasteiger partial charge in [-0.05, 0) is 30.7 Å². The summed E-state index contributed by atoms with van der Waals surface area (Å²) in [7, 11) is 3.49. The predicted molar refractivity (Wildman–Crippen MR) is 99.1 cm³/mol. The van der Waals surface area contributed by atoms with Crippen molar-refractivity contribution in [1.29, 1.82) is 0 Å². The number of nitrogens with one attached hydrogen (secondary N) is 1. The molecule has 7 nitrogen and oxygen atoms in total. The summed E-state index contributed by atoms with van der Waals surface area (Å²) in [5.41, 5.74) is 3.19. The minimum absolute atomic E-state index is 0.0106. The largest absolute Gasteiger partial charge is 0.346 e. The molecule has 1 aromatic carbocycles. The van der Waals surface area contributed by atoms with E-state index in [1.54, 1.807) is 36.0 Å². The summed E-state index contributed by atoms with van der Waals surface area (Å²) in [5.74, 6) is -0.192. The van der Waals surface area contributed by atoms with Gasteiger partial charge in [-0.2, -0.15) is 5.10 Å². The zero-order chi connectivity index (χ0) is 18.8. The van der Waals surface area contributed by atoms with Crippen molar-refractivity contribution in [3.63, 3.8) is 0 Å². The number of hydrogen-bond acceptors (Lipinski definition) is 3. The van der Waals surface area contributed by atoms with Gasteiger partial charge in [-0.3, -0.25) is 9.48 Å². The Morgan fingerprint density at radius 1 is 1.27 bits per heavy atom. The SMILES string of the molecule is Cc1ccc(C(=O)NCc2cc3n(n2)CCN(C(=O)N(C)C)C3)cc1Cl. The van der Waals surface area contributed by atoms with Crippen LogP contribution in [0.25, 0.3) is 0 Å². The molecule has 0 fully saturated rings. The Bertz CT molecular complexity index is 846. The average molecular weight is 376 g/mol. The quantitative estimate of drug-likeness (QED) is 0.894. The Kier molecular flexibility index (Phi) is 5.18. The van der Waals surface area contributed by atoms with Crippen LogP contribution in [0.5, 0.6) is 0 Å². The van der Waals surface area contributed by atoms with Crippen LogP contribution in [-0.2, 0) is 19.6 Å². The number of aryl methyl sites for hydroxylation is 1. The summed E-state index contributed by atoms with van der Waals surface area (Å²) in [6, 6.07) is 7.15. The number of aromatic nitrogens is 2. The number of benzene rings is 1. The van der Waals surface area contributed by atoms with Crippen LogP contribution in [0, 0.1) is 6.92 Å². The standard InChI is InChI=1S/C18H22ClN5O2/c1-12-4-5-13(8-16(12)19)17(25)20-10-14-9-15-11-23(18(26)22(2)3)6-7-24(15)21-14/h4-5,8-9H,6-7,10-11H2,1-3H3,(H,20,25). The lowest BCUT2D eigenvalue weighted by atomic mass is 10.1. The van der Waals surface area contributed by atoms with Gasteiger partial charge < -0.3 is 15.1 Å². The molecule has 138 valence electrons. The van der Waals surface area contributed by atoms with Gasteiger partial charge >= 0.3 is 6.03 Å². The van der Waals surface area contributed by atoms with E-state index in [9.17, 15) is 9.59 Å². The van der Waals surface area contributed by atoms with Crippen LogP contribution in [0.2, 0.25) is 5.02 Å². The highest BCUT2D eigenvalue weighted by Crippen LogP contribution is 2.17. The lowest BCUT2D eigenvalue weighted by molar-refractivity contribution is 0.0950. The molecule has 2 aromatic rings. The van der Waals surface area contributed by atoms with Crippen molar-refractivity contribution in [2.24, 2.45) is 0 Å². The molecule has 8 heteroatoms. The van der Waals surface area contributed by atoms with Gasteiger partial charge in [0.15, 0.2) is 0 Å². The lowest BCUT2D eigenvalue weighted by Gasteiger charge is -2.29. The summed E-state index contributed by atoms with van der Waals surface area (Å²) in [6.07, 6.45) is 0. The topological polar surface area (TPSA) is 70.5 Å². The van der Waals surface area contributed by atoms with Crippen LogP contribution in [-0.4, -0.2) is 52.2 Å². The first kappa shape index (κ1) is 18.3. The van der Waals surface area contributed by atoms with E-state index in [1.807, 2.05) is 23.7 Å². The molecule has 3 amide bonds. The number of hydrogen-bond donors (Lipinski definition) is 1. The second-order valence-electron chi connectivity index (χ2n) is 6.60. The van der Waals surface area contributed by atoms with Crippen molar-refractivity contribution in [2.45, 2.75) is 26.6 Å². The maximum atomic E-state index is 12.3. The highest BCUT2D eigenvalue weighted by Gasteiger charge is 2.23. The first-order chi connectivity index (χ1) is 12.3. The predicted octanol–water partition coefficient (Wildman–Crippen LogP) is 2.27. The molecule has 1 aliphatic heterocycles. The van der Waals surface area contributed by atoms with E-state index in [4.69, 9.17) is 11.6 Å². The van der Waals surface area contributed by atoms with Crippen LogP contribution in [0.1, 0.15) is 27.3 Å². The van der Waals surface area contributed by atoms with Crippen molar-refractivity contribution < 1.29 is 9.59 Å². The summed E-state index contributed by atoms with van der Waals surface area (Å²) >= 11 is 6.07. The molecule has 3 rings (SSSR count). The molecule has 0 atom stereocenters. The third-order valence-corrected chi connectivity index (χ3v) is 4.77. The average Bonchev–Trinajstić information content (AvgIpc) is 3.03. The second kappa shape index (κ2) is 7.37. The Balaban J connectivity index is 1.63. The third-order valence-electron chi connectivity index (χ3n) is 4.37. The number of urea groups is 1. The molecule has 2 heterocycles. The summed E-state index contributed by atoms with van der Waals surface area (Å²) < 4.78 is 1.89. The molecule has 0 bridgehead atoms.